The largest absolute Gasteiger partial charge is 0.338 e. The molecule has 88 valence electrons. The first-order valence-corrected chi connectivity index (χ1v) is 5.95. The molecule has 0 bridgehead atoms. The first kappa shape index (κ1) is 11.3. The maximum absolute atomic E-state index is 4.46. The van der Waals surface area contributed by atoms with Crippen molar-refractivity contribution in [2.24, 2.45) is 0 Å². The van der Waals surface area contributed by atoms with Crippen molar-refractivity contribution in [2.75, 3.05) is 31.1 Å². The highest BCUT2D eigenvalue weighted by Gasteiger charge is 2.20. The second-order valence-electron chi connectivity index (χ2n) is 4.61. The van der Waals surface area contributed by atoms with E-state index in [-0.39, 0.29) is 0 Å². The van der Waals surface area contributed by atoms with E-state index in [9.17, 15) is 0 Å². The van der Waals surface area contributed by atoms with Gasteiger partial charge in [0, 0.05) is 44.1 Å². The van der Waals surface area contributed by atoms with Crippen molar-refractivity contribution in [3.05, 3.63) is 18.0 Å². The molecule has 1 aliphatic heterocycles. The predicted octanol–water partition coefficient (Wildman–Crippen LogP) is 1.32. The van der Waals surface area contributed by atoms with Gasteiger partial charge in [-0.1, -0.05) is 0 Å². The molecule has 0 aromatic carbocycles. The van der Waals surface area contributed by atoms with E-state index < -0.39 is 0 Å². The maximum atomic E-state index is 4.46. The lowest BCUT2D eigenvalue weighted by atomic mass is 10.2. The molecule has 0 amide bonds. The Kier molecular flexibility index (Phi) is 3.39. The molecule has 4 nitrogen and oxygen atoms in total. The summed E-state index contributed by atoms with van der Waals surface area (Å²) < 4.78 is 0. The van der Waals surface area contributed by atoms with Crippen LogP contribution in [-0.4, -0.2) is 47.1 Å². The number of nitrogens with zero attached hydrogens (tertiary/aromatic N) is 4. The molecule has 0 aliphatic carbocycles. The van der Waals surface area contributed by atoms with Crippen LogP contribution in [-0.2, 0) is 0 Å². The average molecular weight is 220 g/mol. The molecule has 0 saturated carbocycles. The fourth-order valence-electron chi connectivity index (χ4n) is 2.03. The quantitative estimate of drug-likeness (QED) is 0.752. The van der Waals surface area contributed by atoms with Crippen molar-refractivity contribution < 1.29 is 0 Å². The SMILES string of the molecule is Cc1ccnc(N2CCN(C(C)C)CC2)n1. The molecule has 1 aliphatic rings. The summed E-state index contributed by atoms with van der Waals surface area (Å²) in [7, 11) is 0. The van der Waals surface area contributed by atoms with Gasteiger partial charge in [0.1, 0.15) is 0 Å². The highest BCUT2D eigenvalue weighted by atomic mass is 15.3. The van der Waals surface area contributed by atoms with Crippen LogP contribution >= 0.6 is 0 Å². The first-order chi connectivity index (χ1) is 7.66. The molecule has 0 unspecified atom stereocenters. The normalized spacial score (nSPS) is 18.1. The van der Waals surface area contributed by atoms with E-state index in [4.69, 9.17) is 0 Å². The second kappa shape index (κ2) is 4.78. The molecule has 1 aromatic rings. The topological polar surface area (TPSA) is 32.3 Å². The summed E-state index contributed by atoms with van der Waals surface area (Å²) in [5.41, 5.74) is 1.04. The van der Waals surface area contributed by atoms with Crippen LogP contribution in [0.5, 0.6) is 0 Å². The predicted molar refractivity (Wildman–Crippen MR) is 65.7 cm³/mol. The van der Waals surface area contributed by atoms with Crippen molar-refractivity contribution in [1.29, 1.82) is 0 Å². The Hall–Kier alpha value is -1.16. The summed E-state index contributed by atoms with van der Waals surface area (Å²) in [6.45, 7) is 10.8. The van der Waals surface area contributed by atoms with Crippen LogP contribution in [0.25, 0.3) is 0 Å². The number of piperazine rings is 1. The number of aromatic nitrogens is 2. The minimum Gasteiger partial charge on any atom is -0.338 e. The summed E-state index contributed by atoms with van der Waals surface area (Å²) in [6.07, 6.45) is 1.84. The first-order valence-electron chi connectivity index (χ1n) is 5.95. The molecule has 4 heteroatoms. The van der Waals surface area contributed by atoms with Crippen molar-refractivity contribution in [3.63, 3.8) is 0 Å². The Labute approximate surface area is 97.3 Å². The Bertz CT molecular complexity index is 343. The smallest absolute Gasteiger partial charge is 0.225 e. The fourth-order valence-corrected chi connectivity index (χ4v) is 2.03. The van der Waals surface area contributed by atoms with Gasteiger partial charge in [-0.05, 0) is 26.8 Å². The Morgan fingerprint density at radius 1 is 1.19 bits per heavy atom. The minimum atomic E-state index is 0.639. The number of hydrogen-bond acceptors (Lipinski definition) is 4. The summed E-state index contributed by atoms with van der Waals surface area (Å²) >= 11 is 0. The molecule has 2 rings (SSSR count). The molecule has 0 radical (unpaired) electrons. The molecule has 0 atom stereocenters. The summed E-state index contributed by atoms with van der Waals surface area (Å²) in [4.78, 5) is 13.6. The molecule has 1 aromatic heterocycles. The Morgan fingerprint density at radius 2 is 1.88 bits per heavy atom. The molecule has 1 saturated heterocycles. The van der Waals surface area contributed by atoms with Gasteiger partial charge in [0.15, 0.2) is 0 Å². The highest BCUT2D eigenvalue weighted by molar-refractivity contribution is 5.30. The molecule has 1 fully saturated rings. The van der Waals surface area contributed by atoms with E-state index in [0.29, 0.717) is 6.04 Å². The third-order valence-electron chi connectivity index (χ3n) is 3.11. The van der Waals surface area contributed by atoms with Crippen molar-refractivity contribution in [2.45, 2.75) is 26.8 Å². The van der Waals surface area contributed by atoms with Crippen LogP contribution in [0.2, 0.25) is 0 Å². The number of aryl methyl sites for hydroxylation is 1. The van der Waals surface area contributed by atoms with Gasteiger partial charge in [-0.2, -0.15) is 0 Å². The maximum Gasteiger partial charge on any atom is 0.225 e. The molecule has 0 spiro atoms. The van der Waals surface area contributed by atoms with E-state index >= 15 is 0 Å². The van der Waals surface area contributed by atoms with Crippen molar-refractivity contribution in [3.8, 4) is 0 Å². The fraction of sp³-hybridized carbons (Fsp3) is 0.667. The average Bonchev–Trinajstić information content (AvgIpc) is 2.29. The third-order valence-corrected chi connectivity index (χ3v) is 3.11. The van der Waals surface area contributed by atoms with Crippen LogP contribution in [0.4, 0.5) is 5.95 Å². The van der Waals surface area contributed by atoms with Gasteiger partial charge >= 0.3 is 0 Å². The van der Waals surface area contributed by atoms with Gasteiger partial charge in [0.2, 0.25) is 5.95 Å². The Balaban J connectivity index is 1.99. The summed E-state index contributed by atoms with van der Waals surface area (Å²) in [6, 6.07) is 2.58. The van der Waals surface area contributed by atoms with E-state index in [1.54, 1.807) is 0 Å². The van der Waals surface area contributed by atoms with E-state index in [0.717, 1.165) is 37.8 Å². The summed E-state index contributed by atoms with van der Waals surface area (Å²) in [5, 5.41) is 0. The Morgan fingerprint density at radius 3 is 2.44 bits per heavy atom. The molecule has 16 heavy (non-hydrogen) atoms. The zero-order valence-electron chi connectivity index (χ0n) is 10.3. The third kappa shape index (κ3) is 2.50. The highest BCUT2D eigenvalue weighted by Crippen LogP contribution is 2.12. The number of rotatable bonds is 2. The summed E-state index contributed by atoms with van der Waals surface area (Å²) in [5.74, 6) is 0.878. The van der Waals surface area contributed by atoms with Crippen molar-refractivity contribution in [1.82, 2.24) is 14.9 Å². The lowest BCUT2D eigenvalue weighted by Gasteiger charge is -2.36. The second-order valence-corrected chi connectivity index (χ2v) is 4.61. The van der Waals surface area contributed by atoms with E-state index in [1.807, 2.05) is 19.2 Å². The van der Waals surface area contributed by atoms with Gasteiger partial charge < -0.3 is 4.90 Å². The molecule has 2 heterocycles. The van der Waals surface area contributed by atoms with Crippen LogP contribution in [0, 0.1) is 6.92 Å². The molecular formula is C12H20N4. The zero-order chi connectivity index (χ0) is 11.5. The molecule has 0 N–H and O–H groups in total. The van der Waals surface area contributed by atoms with Crippen LogP contribution in [0.1, 0.15) is 19.5 Å². The lowest BCUT2D eigenvalue weighted by Crippen LogP contribution is -2.49. The standard InChI is InChI=1S/C12H20N4/c1-10(2)15-6-8-16(9-7-15)12-13-5-4-11(3)14-12/h4-5,10H,6-9H2,1-3H3. The monoisotopic (exact) mass is 220 g/mol. The van der Waals surface area contributed by atoms with Gasteiger partial charge in [-0.3, -0.25) is 4.90 Å². The van der Waals surface area contributed by atoms with Gasteiger partial charge in [-0.15, -0.1) is 0 Å². The van der Waals surface area contributed by atoms with E-state index in [2.05, 4.69) is 33.6 Å². The zero-order valence-corrected chi connectivity index (χ0v) is 10.3. The van der Waals surface area contributed by atoms with Crippen LogP contribution in [0.15, 0.2) is 12.3 Å². The van der Waals surface area contributed by atoms with Gasteiger partial charge in [0.25, 0.3) is 0 Å². The van der Waals surface area contributed by atoms with Gasteiger partial charge in [-0.25, -0.2) is 9.97 Å². The molecular weight excluding hydrogens is 200 g/mol. The van der Waals surface area contributed by atoms with Crippen molar-refractivity contribution >= 4 is 5.95 Å². The number of anilines is 1. The van der Waals surface area contributed by atoms with E-state index in [1.165, 1.54) is 0 Å². The lowest BCUT2D eigenvalue weighted by molar-refractivity contribution is 0.208. The van der Waals surface area contributed by atoms with Crippen LogP contribution < -0.4 is 4.90 Å². The number of hydrogen-bond donors (Lipinski definition) is 0. The van der Waals surface area contributed by atoms with Crippen LogP contribution in [0.3, 0.4) is 0 Å². The minimum absolute atomic E-state index is 0.639. The van der Waals surface area contributed by atoms with Gasteiger partial charge in [0.05, 0.1) is 0 Å².